The zero-order valence-electron chi connectivity index (χ0n) is 25.6. The summed E-state index contributed by atoms with van der Waals surface area (Å²) in [6.45, 7) is 4.75. The molecule has 5 aromatic rings. The number of rotatable bonds is 4. The summed E-state index contributed by atoms with van der Waals surface area (Å²) in [7, 11) is 0. The third-order valence-corrected chi connectivity index (χ3v) is 9.40. The third-order valence-electron chi connectivity index (χ3n) is 9.40. The van der Waals surface area contributed by atoms with E-state index in [0.717, 1.165) is 11.1 Å². The Morgan fingerprint density at radius 3 is 1.80 bits per heavy atom. The van der Waals surface area contributed by atoms with Crippen molar-refractivity contribution in [1.82, 2.24) is 19.5 Å². The first kappa shape index (κ1) is 26.5. The first-order chi connectivity index (χ1) is 22.6. The Morgan fingerprint density at radius 1 is 0.565 bits per heavy atom. The molecule has 0 fully saturated rings. The van der Waals surface area contributed by atoms with Crippen LogP contribution in [0.1, 0.15) is 25.0 Å². The minimum Gasteiger partial charge on any atom is -0.292 e. The molecule has 0 atom stereocenters. The van der Waals surface area contributed by atoms with Crippen LogP contribution in [-0.4, -0.2) is 19.5 Å². The molecule has 3 aliphatic carbocycles. The maximum Gasteiger partial charge on any atom is 0.237 e. The molecular weight excluding hydrogens is 560 g/mol. The highest BCUT2D eigenvalue weighted by Gasteiger charge is 2.40. The fourth-order valence-corrected chi connectivity index (χ4v) is 7.44. The van der Waals surface area contributed by atoms with E-state index >= 15 is 0 Å². The van der Waals surface area contributed by atoms with Gasteiger partial charge < -0.3 is 0 Å². The zero-order chi connectivity index (χ0) is 30.8. The van der Waals surface area contributed by atoms with E-state index in [4.69, 9.17) is 15.0 Å². The fourth-order valence-electron chi connectivity index (χ4n) is 7.44. The van der Waals surface area contributed by atoms with Gasteiger partial charge in [-0.25, -0.2) is 4.98 Å². The van der Waals surface area contributed by atoms with Gasteiger partial charge in [0.25, 0.3) is 0 Å². The van der Waals surface area contributed by atoms with E-state index in [1.807, 2.05) is 60.7 Å². The Kier molecular flexibility index (Phi) is 5.81. The maximum absolute atomic E-state index is 5.02. The molecule has 0 saturated heterocycles. The first-order valence-corrected chi connectivity index (χ1v) is 15.7. The van der Waals surface area contributed by atoms with Crippen LogP contribution >= 0.6 is 0 Å². The lowest BCUT2D eigenvalue weighted by molar-refractivity contribution is 0.689. The standard InChI is InChI=1S/C42H30N4/c1-42(2)37-31(24-30-20-12-13-21-32(30)37)25-34-36(27-14-6-3-7-15-27)33-22-23-46(26-35(33)38(34)42)41-44-39(28-16-8-4-9-17-28)43-40(45-41)29-18-10-5-11-19-29/h3-26H,1-2H3. The Bertz CT molecular complexity index is 2360. The number of hydrogen-bond acceptors (Lipinski definition) is 3. The summed E-state index contributed by atoms with van der Waals surface area (Å²) in [5.41, 5.74) is 11.9. The van der Waals surface area contributed by atoms with E-state index in [9.17, 15) is 0 Å². The molecule has 46 heavy (non-hydrogen) atoms. The number of hydrogen-bond donors (Lipinski definition) is 0. The molecule has 2 heterocycles. The van der Waals surface area contributed by atoms with Crippen molar-refractivity contribution in [3.05, 3.63) is 161 Å². The minimum absolute atomic E-state index is 0.240. The van der Waals surface area contributed by atoms with Gasteiger partial charge in [-0.2, -0.15) is 9.97 Å². The number of aromatic nitrogens is 4. The normalized spacial score (nSPS) is 14.3. The van der Waals surface area contributed by atoms with Gasteiger partial charge in [0, 0.05) is 34.5 Å². The molecule has 4 aromatic carbocycles. The predicted molar refractivity (Wildman–Crippen MR) is 187 cm³/mol. The van der Waals surface area contributed by atoms with Crippen LogP contribution < -0.4 is 10.4 Å². The van der Waals surface area contributed by atoms with E-state index in [1.54, 1.807) is 0 Å². The second-order valence-electron chi connectivity index (χ2n) is 12.6. The maximum atomic E-state index is 5.02. The number of pyridine rings is 1. The molecule has 0 spiro atoms. The molecule has 4 heteroatoms. The lowest BCUT2D eigenvalue weighted by Crippen LogP contribution is -2.31. The first-order valence-electron chi connectivity index (χ1n) is 15.7. The molecule has 0 unspecified atom stereocenters. The number of benzene rings is 4. The molecule has 0 saturated carbocycles. The molecule has 9 rings (SSSR count). The van der Waals surface area contributed by atoms with Gasteiger partial charge in [-0.3, -0.25) is 4.57 Å². The molecule has 0 radical (unpaired) electrons. The van der Waals surface area contributed by atoms with E-state index in [0.29, 0.717) is 17.6 Å². The van der Waals surface area contributed by atoms with Crippen LogP contribution in [0, 0.1) is 0 Å². The zero-order valence-corrected chi connectivity index (χ0v) is 25.6. The number of nitrogens with zero attached hydrogens (tertiary/aromatic N) is 4. The molecule has 218 valence electrons. The van der Waals surface area contributed by atoms with Crippen LogP contribution in [0.5, 0.6) is 0 Å². The second-order valence-corrected chi connectivity index (χ2v) is 12.6. The van der Waals surface area contributed by atoms with Gasteiger partial charge in [-0.05, 0) is 67.6 Å². The van der Waals surface area contributed by atoms with Crippen LogP contribution in [0.4, 0.5) is 0 Å². The summed E-state index contributed by atoms with van der Waals surface area (Å²) < 4.78 is 2.06. The van der Waals surface area contributed by atoms with Crippen molar-refractivity contribution in [1.29, 1.82) is 0 Å². The van der Waals surface area contributed by atoms with E-state index in [2.05, 4.69) is 104 Å². The summed E-state index contributed by atoms with van der Waals surface area (Å²) in [4.78, 5) is 14.9. The van der Waals surface area contributed by atoms with Crippen molar-refractivity contribution in [2.45, 2.75) is 19.3 Å². The lowest BCUT2D eigenvalue weighted by Gasteiger charge is -2.33. The quantitative estimate of drug-likeness (QED) is 0.208. The van der Waals surface area contributed by atoms with Gasteiger partial charge in [-0.15, -0.1) is 0 Å². The Balaban J connectivity index is 1.32. The third kappa shape index (κ3) is 4.04. The Labute approximate surface area is 267 Å². The summed E-state index contributed by atoms with van der Waals surface area (Å²) in [6, 6.07) is 42.0. The van der Waals surface area contributed by atoms with Gasteiger partial charge >= 0.3 is 0 Å². The van der Waals surface area contributed by atoms with Crippen LogP contribution in [0.3, 0.4) is 0 Å². The molecule has 1 aliphatic heterocycles. The monoisotopic (exact) mass is 590 g/mol. The highest BCUT2D eigenvalue weighted by molar-refractivity contribution is 6.06. The smallest absolute Gasteiger partial charge is 0.237 e. The van der Waals surface area contributed by atoms with Crippen LogP contribution in [-0.2, 0) is 5.41 Å². The van der Waals surface area contributed by atoms with Gasteiger partial charge in [-0.1, -0.05) is 129 Å². The molecule has 4 aliphatic rings. The summed E-state index contributed by atoms with van der Waals surface area (Å²) in [6.07, 6.45) is 9.08. The molecular formula is C42H30N4. The van der Waals surface area contributed by atoms with Crippen molar-refractivity contribution >= 4 is 17.7 Å². The average Bonchev–Trinajstić information content (AvgIpc) is 3.65. The van der Waals surface area contributed by atoms with Crippen LogP contribution in [0.2, 0.25) is 0 Å². The predicted octanol–water partition coefficient (Wildman–Crippen LogP) is 8.09. The lowest BCUT2D eigenvalue weighted by atomic mass is 9.69. The largest absolute Gasteiger partial charge is 0.292 e. The van der Waals surface area contributed by atoms with E-state index in [-0.39, 0.29) is 5.41 Å². The summed E-state index contributed by atoms with van der Waals surface area (Å²) in [5.74, 6) is 1.88. The molecule has 1 aromatic heterocycles. The topological polar surface area (TPSA) is 43.6 Å². The number of allylic oxidation sites excluding steroid dienone is 1. The van der Waals surface area contributed by atoms with Crippen molar-refractivity contribution in [2.75, 3.05) is 0 Å². The van der Waals surface area contributed by atoms with Gasteiger partial charge in [0.15, 0.2) is 11.6 Å². The van der Waals surface area contributed by atoms with Crippen LogP contribution in [0.25, 0.3) is 68.7 Å². The summed E-state index contributed by atoms with van der Waals surface area (Å²) in [5, 5.41) is 2.61. The van der Waals surface area contributed by atoms with Crippen molar-refractivity contribution in [2.24, 2.45) is 0 Å². The molecule has 0 amide bonds. The average molecular weight is 591 g/mol. The van der Waals surface area contributed by atoms with Crippen molar-refractivity contribution in [3.63, 3.8) is 0 Å². The van der Waals surface area contributed by atoms with Crippen molar-refractivity contribution in [3.8, 4) is 51.0 Å². The second kappa shape index (κ2) is 10.1. The van der Waals surface area contributed by atoms with E-state index < -0.39 is 0 Å². The molecule has 4 nitrogen and oxygen atoms in total. The van der Waals surface area contributed by atoms with Gasteiger partial charge in [0.05, 0.1) is 0 Å². The fraction of sp³-hybridized carbons (Fsp3) is 0.0714. The van der Waals surface area contributed by atoms with Gasteiger partial charge in [0.1, 0.15) is 0 Å². The SMILES string of the molecule is CC1(C)C2=c3ccccc3=CC2=Cc2c(-c3ccccc3)c3ccn(-c4nc(-c5ccccc5)nc(-c5ccccc5)n4)cc-3c21. The summed E-state index contributed by atoms with van der Waals surface area (Å²) >= 11 is 0. The van der Waals surface area contributed by atoms with E-state index in [1.165, 1.54) is 55.0 Å². The molecule has 0 N–H and O–H groups in total. The minimum atomic E-state index is -0.240. The Morgan fingerprint density at radius 2 is 1.15 bits per heavy atom. The number of fused-ring (bicyclic) bond motifs is 5. The van der Waals surface area contributed by atoms with Crippen LogP contribution in [0.15, 0.2) is 139 Å². The van der Waals surface area contributed by atoms with Crippen molar-refractivity contribution < 1.29 is 0 Å². The Hall–Kier alpha value is -5.87. The molecule has 0 bridgehead atoms. The highest BCUT2D eigenvalue weighted by Crippen LogP contribution is 2.55. The van der Waals surface area contributed by atoms with Gasteiger partial charge in [0.2, 0.25) is 5.95 Å². The highest BCUT2D eigenvalue weighted by atomic mass is 15.2.